The Morgan fingerprint density at radius 1 is 0.741 bits per heavy atom. The van der Waals surface area contributed by atoms with E-state index in [2.05, 4.69) is 0 Å². The van der Waals surface area contributed by atoms with Crippen LogP contribution >= 0.6 is 0 Å². The van der Waals surface area contributed by atoms with Crippen molar-refractivity contribution in [1.29, 1.82) is 0 Å². The summed E-state index contributed by atoms with van der Waals surface area (Å²) in [6, 6.07) is 10.1. The lowest BCUT2D eigenvalue weighted by Crippen LogP contribution is -2.15. The van der Waals surface area contributed by atoms with Gasteiger partial charge in [-0.3, -0.25) is 0 Å². The highest BCUT2D eigenvalue weighted by Gasteiger charge is 2.21. The third kappa shape index (κ3) is 2.57. The van der Waals surface area contributed by atoms with Crippen LogP contribution in [-0.2, 0) is 6.42 Å². The quantitative estimate of drug-likeness (QED) is 0.528. The third-order valence-electron chi connectivity index (χ3n) is 4.77. The van der Waals surface area contributed by atoms with Crippen LogP contribution in [0.3, 0.4) is 0 Å². The topological polar surface area (TPSA) is 101 Å². The van der Waals surface area contributed by atoms with Crippen molar-refractivity contribution in [3.8, 4) is 11.5 Å². The Balaban J connectivity index is 1.98. The Kier molecular flexibility index (Phi) is 3.77. The van der Waals surface area contributed by atoms with Gasteiger partial charge in [0.1, 0.15) is 22.7 Å². The van der Waals surface area contributed by atoms with E-state index in [1.54, 1.807) is 50.2 Å². The van der Waals surface area contributed by atoms with Crippen LogP contribution < -0.4 is 11.3 Å². The lowest BCUT2D eigenvalue weighted by molar-refractivity contribution is 0.448. The van der Waals surface area contributed by atoms with E-state index in [0.29, 0.717) is 10.8 Å². The zero-order chi connectivity index (χ0) is 19.3. The van der Waals surface area contributed by atoms with Crippen LogP contribution in [0.25, 0.3) is 21.9 Å². The molecule has 6 nitrogen and oxygen atoms in total. The number of fused-ring (bicyclic) bond motifs is 2. The van der Waals surface area contributed by atoms with Crippen molar-refractivity contribution < 1.29 is 19.0 Å². The van der Waals surface area contributed by atoms with E-state index in [9.17, 15) is 19.8 Å². The zero-order valence-electron chi connectivity index (χ0n) is 14.7. The van der Waals surface area contributed by atoms with E-state index >= 15 is 0 Å². The second-order valence-corrected chi connectivity index (χ2v) is 6.51. The average molecular weight is 364 g/mol. The fourth-order valence-electron chi connectivity index (χ4n) is 3.37. The van der Waals surface area contributed by atoms with Crippen LogP contribution in [0.4, 0.5) is 0 Å². The van der Waals surface area contributed by atoms with E-state index in [1.807, 2.05) is 0 Å². The van der Waals surface area contributed by atoms with Crippen LogP contribution in [0, 0.1) is 13.8 Å². The van der Waals surface area contributed by atoms with Crippen LogP contribution in [0.1, 0.15) is 22.3 Å². The lowest BCUT2D eigenvalue weighted by Gasteiger charge is -2.10. The van der Waals surface area contributed by atoms with E-state index in [4.69, 9.17) is 8.83 Å². The first-order valence-electron chi connectivity index (χ1n) is 8.37. The summed E-state index contributed by atoms with van der Waals surface area (Å²) in [6.07, 6.45) is -0.309. The Morgan fingerprint density at radius 2 is 1.15 bits per heavy atom. The zero-order valence-corrected chi connectivity index (χ0v) is 14.7. The van der Waals surface area contributed by atoms with Crippen molar-refractivity contribution in [2.45, 2.75) is 20.3 Å². The summed E-state index contributed by atoms with van der Waals surface area (Å²) in [5.74, 6) is -0.522. The van der Waals surface area contributed by atoms with Crippen molar-refractivity contribution in [1.82, 2.24) is 0 Å². The SMILES string of the molecule is Cc1cccc2oc(=O)c(Cc3c(O)c4c(C)cccc4oc3=O)c(O)c12. The molecule has 0 radical (unpaired) electrons. The van der Waals surface area contributed by atoms with Gasteiger partial charge in [-0.1, -0.05) is 24.3 Å². The molecule has 0 spiro atoms. The maximum atomic E-state index is 12.4. The summed E-state index contributed by atoms with van der Waals surface area (Å²) in [6.45, 7) is 3.55. The normalized spacial score (nSPS) is 11.3. The van der Waals surface area contributed by atoms with Gasteiger partial charge in [0.25, 0.3) is 0 Å². The molecule has 0 aliphatic rings. The minimum absolute atomic E-state index is 0.104. The third-order valence-corrected chi connectivity index (χ3v) is 4.77. The molecule has 4 rings (SSSR count). The van der Waals surface area contributed by atoms with Crippen LogP contribution in [0.2, 0.25) is 0 Å². The molecule has 0 saturated heterocycles. The Bertz CT molecular complexity index is 1220. The molecule has 2 aromatic carbocycles. The van der Waals surface area contributed by atoms with Crippen LogP contribution in [0.15, 0.2) is 54.8 Å². The molecule has 2 heterocycles. The van der Waals surface area contributed by atoms with Gasteiger partial charge < -0.3 is 19.0 Å². The number of aryl methyl sites for hydroxylation is 2. The molecule has 6 heteroatoms. The molecule has 0 aliphatic carbocycles. The van der Waals surface area contributed by atoms with E-state index < -0.39 is 11.3 Å². The van der Waals surface area contributed by atoms with E-state index in [-0.39, 0.29) is 40.2 Å². The Labute approximate surface area is 152 Å². The van der Waals surface area contributed by atoms with Gasteiger partial charge in [-0.25, -0.2) is 9.59 Å². The minimum atomic E-state index is -0.769. The molecule has 0 aliphatic heterocycles. The van der Waals surface area contributed by atoms with Gasteiger partial charge in [0, 0.05) is 6.42 Å². The summed E-state index contributed by atoms with van der Waals surface area (Å²) in [5, 5.41) is 22.1. The maximum Gasteiger partial charge on any atom is 0.343 e. The van der Waals surface area contributed by atoms with Gasteiger partial charge in [-0.15, -0.1) is 0 Å². The Morgan fingerprint density at radius 3 is 1.56 bits per heavy atom. The van der Waals surface area contributed by atoms with E-state index in [1.165, 1.54) is 0 Å². The molecule has 2 N–H and O–H groups in total. The van der Waals surface area contributed by atoms with Crippen molar-refractivity contribution in [3.05, 3.63) is 79.5 Å². The molecule has 27 heavy (non-hydrogen) atoms. The van der Waals surface area contributed by atoms with Crippen molar-refractivity contribution in [3.63, 3.8) is 0 Å². The second-order valence-electron chi connectivity index (χ2n) is 6.51. The summed E-state index contributed by atoms with van der Waals surface area (Å²) < 4.78 is 10.6. The standard InChI is InChI=1S/C21H16O6/c1-10-5-3-7-14-16(10)18(22)12(20(24)26-14)9-13-19(23)17-11(2)6-4-8-15(17)27-21(13)25/h3-8,22-23H,9H2,1-2H3. The number of hydrogen-bond acceptors (Lipinski definition) is 6. The molecular formula is C21H16O6. The molecule has 0 unspecified atom stereocenters. The first kappa shape index (κ1) is 16.9. The summed E-state index contributed by atoms with van der Waals surface area (Å²) in [5.41, 5.74) is 0.211. The first-order valence-corrected chi connectivity index (χ1v) is 8.37. The van der Waals surface area contributed by atoms with Gasteiger partial charge in [-0.2, -0.15) is 0 Å². The van der Waals surface area contributed by atoms with Gasteiger partial charge in [-0.05, 0) is 37.1 Å². The summed E-state index contributed by atoms with van der Waals surface area (Å²) in [7, 11) is 0. The lowest BCUT2D eigenvalue weighted by atomic mass is 10.00. The van der Waals surface area contributed by atoms with Gasteiger partial charge in [0.05, 0.1) is 21.9 Å². The highest BCUT2D eigenvalue weighted by molar-refractivity contribution is 5.89. The summed E-state index contributed by atoms with van der Waals surface area (Å²) >= 11 is 0. The maximum absolute atomic E-state index is 12.4. The summed E-state index contributed by atoms with van der Waals surface area (Å²) in [4.78, 5) is 24.8. The van der Waals surface area contributed by atoms with Gasteiger partial charge >= 0.3 is 11.3 Å². The largest absolute Gasteiger partial charge is 0.507 e. The first-order chi connectivity index (χ1) is 12.9. The highest BCUT2D eigenvalue weighted by atomic mass is 16.4. The number of benzene rings is 2. The smallest absolute Gasteiger partial charge is 0.343 e. The molecule has 0 fully saturated rings. The van der Waals surface area contributed by atoms with Crippen molar-refractivity contribution in [2.24, 2.45) is 0 Å². The van der Waals surface area contributed by atoms with Crippen LogP contribution in [-0.4, -0.2) is 10.2 Å². The average Bonchev–Trinajstić information content (AvgIpc) is 2.60. The predicted octanol–water partition coefficient (Wildman–Crippen LogP) is 3.52. The van der Waals surface area contributed by atoms with E-state index in [0.717, 1.165) is 11.1 Å². The fourth-order valence-corrected chi connectivity index (χ4v) is 3.37. The molecule has 0 atom stereocenters. The molecule has 4 aromatic rings. The molecule has 0 amide bonds. The van der Waals surface area contributed by atoms with Gasteiger partial charge in [0.15, 0.2) is 0 Å². The van der Waals surface area contributed by atoms with Crippen LogP contribution in [0.5, 0.6) is 11.5 Å². The fraction of sp³-hybridized carbons (Fsp3) is 0.143. The number of hydrogen-bond donors (Lipinski definition) is 2. The van der Waals surface area contributed by atoms with Crippen molar-refractivity contribution in [2.75, 3.05) is 0 Å². The van der Waals surface area contributed by atoms with Crippen molar-refractivity contribution >= 4 is 21.9 Å². The minimum Gasteiger partial charge on any atom is -0.507 e. The predicted molar refractivity (Wildman–Crippen MR) is 101 cm³/mol. The Hall–Kier alpha value is -3.54. The second kappa shape index (κ2) is 6.02. The monoisotopic (exact) mass is 364 g/mol. The molecule has 2 aromatic heterocycles. The number of aromatic hydroxyl groups is 2. The molecular weight excluding hydrogens is 348 g/mol. The van der Waals surface area contributed by atoms with Gasteiger partial charge in [0.2, 0.25) is 0 Å². The number of rotatable bonds is 2. The molecule has 0 bridgehead atoms. The molecule has 0 saturated carbocycles. The molecule has 136 valence electrons. The highest BCUT2D eigenvalue weighted by Crippen LogP contribution is 2.34.